The van der Waals surface area contributed by atoms with E-state index >= 15 is 0 Å². The minimum atomic E-state index is -0.845. The topological polar surface area (TPSA) is 106 Å². The Kier molecular flexibility index (Phi) is 4.82. The average Bonchev–Trinajstić information content (AvgIpc) is 2.92. The molecule has 1 aliphatic carbocycles. The molecule has 1 aromatic heterocycles. The molecule has 0 bridgehead atoms. The Morgan fingerprint density at radius 1 is 1.52 bits per heavy atom. The van der Waals surface area contributed by atoms with Gasteiger partial charge in [-0.25, -0.2) is 0 Å². The third-order valence-corrected chi connectivity index (χ3v) is 4.20. The molecule has 7 heteroatoms. The summed E-state index contributed by atoms with van der Waals surface area (Å²) in [5.41, 5.74) is 6.02. The van der Waals surface area contributed by atoms with Crippen molar-refractivity contribution in [1.29, 1.82) is 0 Å². The van der Waals surface area contributed by atoms with Crippen molar-refractivity contribution in [2.24, 2.45) is 23.4 Å². The van der Waals surface area contributed by atoms with Crippen molar-refractivity contribution in [3.05, 3.63) is 18.0 Å². The number of nitrogens with two attached hydrogens (primary N) is 1. The summed E-state index contributed by atoms with van der Waals surface area (Å²) in [7, 11) is 1.86. The summed E-state index contributed by atoms with van der Waals surface area (Å²) < 4.78 is 1.73. The van der Waals surface area contributed by atoms with Gasteiger partial charge in [0.15, 0.2) is 5.84 Å². The lowest BCUT2D eigenvalue weighted by atomic mass is 9.72. The van der Waals surface area contributed by atoms with Gasteiger partial charge in [0, 0.05) is 19.8 Å². The monoisotopic (exact) mass is 293 g/mol. The quantitative estimate of drug-likeness (QED) is 0.323. The number of aromatic nitrogens is 2. The Hall–Kier alpha value is -2.05. The lowest BCUT2D eigenvalue weighted by molar-refractivity contribution is -0.129. The first-order valence-corrected chi connectivity index (χ1v) is 7.32. The number of aryl methyl sites for hydroxylation is 1. The number of amides is 1. The van der Waals surface area contributed by atoms with E-state index in [2.05, 4.69) is 15.6 Å². The second kappa shape index (κ2) is 6.60. The van der Waals surface area contributed by atoms with E-state index in [1.54, 1.807) is 10.9 Å². The number of carbonyl (C=O) groups is 1. The zero-order valence-electron chi connectivity index (χ0n) is 12.4. The number of carbonyl (C=O) groups excluding carboxylic acids is 1. The van der Waals surface area contributed by atoms with Crippen LogP contribution in [0, 0.1) is 5.41 Å². The fourth-order valence-electron chi connectivity index (χ4n) is 2.94. The molecule has 0 unspecified atom stereocenters. The van der Waals surface area contributed by atoms with Crippen LogP contribution in [0.15, 0.2) is 17.5 Å². The van der Waals surface area contributed by atoms with Crippen molar-refractivity contribution < 1.29 is 10.0 Å². The predicted molar refractivity (Wildman–Crippen MR) is 78.8 cm³/mol. The zero-order valence-corrected chi connectivity index (χ0v) is 12.4. The lowest BCUT2D eigenvalue weighted by Gasteiger charge is -2.34. The fraction of sp³-hybridized carbons (Fsp3) is 0.643. The van der Waals surface area contributed by atoms with Crippen LogP contribution in [0.4, 0.5) is 0 Å². The molecule has 1 heterocycles. The number of rotatable bonds is 5. The van der Waals surface area contributed by atoms with Crippen LogP contribution < -0.4 is 11.1 Å². The summed E-state index contributed by atoms with van der Waals surface area (Å²) in [5, 5.41) is 19.1. The SMILES string of the molecule is Cn1cc(CCNC(=O)C2(/C(N)=N/O)CCCCC2)cn1. The Morgan fingerprint density at radius 3 is 2.81 bits per heavy atom. The maximum Gasteiger partial charge on any atom is 0.233 e. The lowest BCUT2D eigenvalue weighted by Crippen LogP contribution is -2.51. The summed E-state index contributed by atoms with van der Waals surface area (Å²) in [6, 6.07) is 0. The molecule has 1 saturated carbocycles. The van der Waals surface area contributed by atoms with Crippen molar-refractivity contribution in [3.63, 3.8) is 0 Å². The van der Waals surface area contributed by atoms with Crippen LogP contribution in [-0.2, 0) is 18.3 Å². The van der Waals surface area contributed by atoms with E-state index in [0.29, 0.717) is 25.8 Å². The maximum absolute atomic E-state index is 12.5. The second-order valence-electron chi connectivity index (χ2n) is 5.66. The van der Waals surface area contributed by atoms with E-state index in [9.17, 15) is 4.79 Å². The van der Waals surface area contributed by atoms with Crippen LogP contribution in [0.5, 0.6) is 0 Å². The summed E-state index contributed by atoms with van der Waals surface area (Å²) in [4.78, 5) is 12.5. The number of hydrogen-bond acceptors (Lipinski definition) is 4. The second-order valence-corrected chi connectivity index (χ2v) is 5.66. The Bertz CT molecular complexity index is 517. The Morgan fingerprint density at radius 2 is 2.24 bits per heavy atom. The number of hydrogen-bond donors (Lipinski definition) is 3. The van der Waals surface area contributed by atoms with Gasteiger partial charge in [-0.1, -0.05) is 24.4 Å². The number of nitrogens with zero attached hydrogens (tertiary/aromatic N) is 3. The first kappa shape index (κ1) is 15.3. The van der Waals surface area contributed by atoms with E-state index in [0.717, 1.165) is 24.8 Å². The van der Waals surface area contributed by atoms with Gasteiger partial charge in [0.1, 0.15) is 5.41 Å². The maximum atomic E-state index is 12.5. The molecule has 1 fully saturated rings. The normalized spacial score (nSPS) is 18.4. The molecule has 0 aromatic carbocycles. The third-order valence-electron chi connectivity index (χ3n) is 4.20. The van der Waals surface area contributed by atoms with E-state index in [1.807, 2.05) is 13.2 Å². The van der Waals surface area contributed by atoms with Crippen molar-refractivity contribution in [2.75, 3.05) is 6.54 Å². The van der Waals surface area contributed by atoms with Gasteiger partial charge in [-0.15, -0.1) is 0 Å². The molecule has 2 rings (SSSR count). The molecule has 0 radical (unpaired) electrons. The number of oxime groups is 1. The molecule has 21 heavy (non-hydrogen) atoms. The van der Waals surface area contributed by atoms with Crippen LogP contribution in [0.1, 0.15) is 37.7 Å². The molecule has 116 valence electrons. The summed E-state index contributed by atoms with van der Waals surface area (Å²) in [6.07, 6.45) is 8.63. The van der Waals surface area contributed by atoms with Crippen LogP contribution in [0.2, 0.25) is 0 Å². The van der Waals surface area contributed by atoms with Gasteiger partial charge in [-0.05, 0) is 24.8 Å². The highest BCUT2D eigenvalue weighted by atomic mass is 16.4. The standard InChI is InChI=1S/C14H23N5O2/c1-19-10-11(9-17-19)5-8-16-13(20)14(12(15)18-21)6-3-2-4-7-14/h9-10,21H,2-8H2,1H3,(H2,15,18)(H,16,20). The van der Waals surface area contributed by atoms with Crippen molar-refractivity contribution in [3.8, 4) is 0 Å². The highest BCUT2D eigenvalue weighted by Crippen LogP contribution is 2.36. The van der Waals surface area contributed by atoms with Crippen LogP contribution in [0.25, 0.3) is 0 Å². The molecule has 0 atom stereocenters. The minimum Gasteiger partial charge on any atom is -0.409 e. The van der Waals surface area contributed by atoms with E-state index in [1.165, 1.54) is 0 Å². The van der Waals surface area contributed by atoms with Crippen LogP contribution in [-0.4, -0.2) is 33.3 Å². The van der Waals surface area contributed by atoms with Gasteiger partial charge < -0.3 is 16.3 Å². The molecule has 1 aromatic rings. The van der Waals surface area contributed by atoms with E-state index in [4.69, 9.17) is 10.9 Å². The van der Waals surface area contributed by atoms with Gasteiger partial charge in [-0.3, -0.25) is 9.48 Å². The van der Waals surface area contributed by atoms with Crippen molar-refractivity contribution in [1.82, 2.24) is 15.1 Å². The average molecular weight is 293 g/mol. The number of amidine groups is 1. The Labute approximate surface area is 124 Å². The fourth-order valence-corrected chi connectivity index (χ4v) is 2.94. The van der Waals surface area contributed by atoms with Gasteiger partial charge in [0.25, 0.3) is 0 Å². The zero-order chi connectivity index (χ0) is 15.3. The summed E-state index contributed by atoms with van der Waals surface area (Å²) >= 11 is 0. The minimum absolute atomic E-state index is 0.0288. The van der Waals surface area contributed by atoms with Gasteiger partial charge in [0.05, 0.1) is 6.20 Å². The first-order chi connectivity index (χ1) is 10.1. The van der Waals surface area contributed by atoms with Crippen molar-refractivity contribution >= 4 is 11.7 Å². The molecule has 0 spiro atoms. The molecule has 7 nitrogen and oxygen atoms in total. The van der Waals surface area contributed by atoms with E-state index in [-0.39, 0.29) is 11.7 Å². The molecule has 4 N–H and O–H groups in total. The third kappa shape index (κ3) is 3.34. The highest BCUT2D eigenvalue weighted by Gasteiger charge is 2.43. The van der Waals surface area contributed by atoms with Gasteiger partial charge >= 0.3 is 0 Å². The molecule has 0 aliphatic heterocycles. The van der Waals surface area contributed by atoms with E-state index < -0.39 is 5.41 Å². The summed E-state index contributed by atoms with van der Waals surface area (Å²) in [6.45, 7) is 0.519. The van der Waals surface area contributed by atoms with Crippen LogP contribution in [0.3, 0.4) is 0 Å². The molecule has 0 saturated heterocycles. The molecule has 1 aliphatic rings. The number of nitrogens with one attached hydrogen (secondary N) is 1. The molecular formula is C14H23N5O2. The predicted octanol–water partition coefficient (Wildman–Crippen LogP) is 0.776. The smallest absolute Gasteiger partial charge is 0.233 e. The Balaban J connectivity index is 1.95. The highest BCUT2D eigenvalue weighted by molar-refractivity contribution is 6.06. The van der Waals surface area contributed by atoms with Crippen LogP contribution >= 0.6 is 0 Å². The molecular weight excluding hydrogens is 270 g/mol. The van der Waals surface area contributed by atoms with Gasteiger partial charge in [-0.2, -0.15) is 5.10 Å². The largest absolute Gasteiger partial charge is 0.409 e. The summed E-state index contributed by atoms with van der Waals surface area (Å²) in [5.74, 6) is -0.109. The molecule has 1 amide bonds. The first-order valence-electron chi connectivity index (χ1n) is 7.32. The van der Waals surface area contributed by atoms with Crippen molar-refractivity contribution in [2.45, 2.75) is 38.5 Å². The van der Waals surface area contributed by atoms with Gasteiger partial charge in [0.2, 0.25) is 5.91 Å².